The molecule has 0 spiro atoms. The number of amides is 1. The van der Waals surface area contributed by atoms with Gasteiger partial charge in [-0.05, 0) is 27.7 Å². The van der Waals surface area contributed by atoms with E-state index in [9.17, 15) is 4.79 Å². The predicted molar refractivity (Wildman–Crippen MR) is 64.8 cm³/mol. The normalized spacial score (nSPS) is 13.2. The van der Waals surface area contributed by atoms with E-state index in [0.29, 0.717) is 5.89 Å². The molecule has 17 heavy (non-hydrogen) atoms. The zero-order chi connectivity index (χ0) is 13.1. The average molecular weight is 261 g/mol. The predicted octanol–water partition coefficient (Wildman–Crippen LogP) is 1.52. The molecule has 6 nitrogen and oxygen atoms in total. The van der Waals surface area contributed by atoms with Gasteiger partial charge in [0.25, 0.3) is 0 Å². The Kier molecular flexibility index (Phi) is 4.34. The summed E-state index contributed by atoms with van der Waals surface area (Å²) in [4.78, 5) is 11.7. The number of hydrogen-bond donors (Lipinski definition) is 2. The van der Waals surface area contributed by atoms with Gasteiger partial charge in [-0.1, -0.05) is 5.10 Å². The van der Waals surface area contributed by atoms with Crippen LogP contribution >= 0.6 is 11.6 Å². The standard InChI is InChI=1S/C10H17ClN4O2/c1-6(8(16)13-10(2,3)4)12-9-15-14-7(5-11)17-9/h6H,5H2,1-4H3,(H,12,15)(H,13,16). The van der Waals surface area contributed by atoms with Crippen LogP contribution in [0.1, 0.15) is 33.6 Å². The Morgan fingerprint density at radius 3 is 2.59 bits per heavy atom. The summed E-state index contributed by atoms with van der Waals surface area (Å²) < 4.78 is 5.14. The minimum atomic E-state index is -0.460. The number of hydrogen-bond acceptors (Lipinski definition) is 5. The molecule has 0 aliphatic heterocycles. The van der Waals surface area contributed by atoms with Gasteiger partial charge in [0.05, 0.1) is 0 Å². The lowest BCUT2D eigenvalue weighted by Gasteiger charge is -2.23. The van der Waals surface area contributed by atoms with Gasteiger partial charge in [-0.2, -0.15) is 0 Å². The lowest BCUT2D eigenvalue weighted by Crippen LogP contribution is -2.47. The highest BCUT2D eigenvalue weighted by Gasteiger charge is 2.20. The fraction of sp³-hybridized carbons (Fsp3) is 0.700. The molecule has 0 fully saturated rings. The van der Waals surface area contributed by atoms with Gasteiger partial charge < -0.3 is 15.1 Å². The van der Waals surface area contributed by atoms with E-state index in [1.807, 2.05) is 20.8 Å². The Hall–Kier alpha value is -1.30. The van der Waals surface area contributed by atoms with Gasteiger partial charge in [-0.15, -0.1) is 16.7 Å². The Morgan fingerprint density at radius 1 is 1.47 bits per heavy atom. The number of nitrogens with one attached hydrogen (secondary N) is 2. The first-order valence-electron chi connectivity index (χ1n) is 5.29. The van der Waals surface area contributed by atoms with Gasteiger partial charge in [-0.25, -0.2) is 0 Å². The van der Waals surface area contributed by atoms with Gasteiger partial charge >= 0.3 is 6.01 Å². The third-order valence-electron chi connectivity index (χ3n) is 1.81. The van der Waals surface area contributed by atoms with E-state index in [1.54, 1.807) is 6.92 Å². The second-order valence-electron chi connectivity index (χ2n) is 4.74. The number of carbonyl (C=O) groups is 1. The molecule has 1 aromatic heterocycles. The Labute approximate surface area is 105 Å². The van der Waals surface area contributed by atoms with Crippen molar-refractivity contribution in [1.29, 1.82) is 0 Å². The lowest BCUT2D eigenvalue weighted by atomic mass is 10.1. The van der Waals surface area contributed by atoms with Crippen LogP contribution in [0.5, 0.6) is 0 Å². The van der Waals surface area contributed by atoms with E-state index in [0.717, 1.165) is 0 Å². The maximum Gasteiger partial charge on any atom is 0.316 e. The van der Waals surface area contributed by atoms with Crippen LogP contribution in [0.25, 0.3) is 0 Å². The average Bonchev–Trinajstić information content (AvgIpc) is 2.62. The molecule has 1 aromatic rings. The molecule has 0 aliphatic rings. The van der Waals surface area contributed by atoms with Crippen molar-refractivity contribution in [1.82, 2.24) is 15.5 Å². The summed E-state index contributed by atoms with van der Waals surface area (Å²) in [6, 6.07) is -0.268. The fourth-order valence-electron chi connectivity index (χ4n) is 1.09. The second kappa shape index (κ2) is 5.35. The molecule has 1 atom stereocenters. The van der Waals surface area contributed by atoms with Crippen molar-refractivity contribution < 1.29 is 9.21 Å². The molecule has 0 bridgehead atoms. The summed E-state index contributed by atoms with van der Waals surface area (Å²) in [6.45, 7) is 7.45. The zero-order valence-electron chi connectivity index (χ0n) is 10.4. The van der Waals surface area contributed by atoms with Crippen LogP contribution in [0, 0.1) is 0 Å². The summed E-state index contributed by atoms with van der Waals surface area (Å²) >= 11 is 5.52. The number of rotatable bonds is 4. The zero-order valence-corrected chi connectivity index (χ0v) is 11.1. The Bertz CT molecular complexity index is 386. The maximum absolute atomic E-state index is 11.7. The SMILES string of the molecule is CC(Nc1nnc(CCl)o1)C(=O)NC(C)(C)C. The number of carbonyl (C=O) groups excluding carboxylic acids is 1. The van der Waals surface area contributed by atoms with Crippen LogP contribution in [0.2, 0.25) is 0 Å². The Morgan fingerprint density at radius 2 is 2.12 bits per heavy atom. The fourth-order valence-corrected chi connectivity index (χ4v) is 1.20. The van der Waals surface area contributed by atoms with Crippen molar-refractivity contribution >= 4 is 23.5 Å². The minimum Gasteiger partial charge on any atom is -0.407 e. The molecular weight excluding hydrogens is 244 g/mol. The van der Waals surface area contributed by atoms with Crippen molar-refractivity contribution in [3.05, 3.63) is 5.89 Å². The van der Waals surface area contributed by atoms with Crippen LogP contribution in [-0.4, -0.2) is 27.7 Å². The molecule has 1 heterocycles. The van der Waals surface area contributed by atoms with Crippen LogP contribution in [-0.2, 0) is 10.7 Å². The van der Waals surface area contributed by atoms with E-state index in [2.05, 4.69) is 20.8 Å². The smallest absolute Gasteiger partial charge is 0.316 e. The molecule has 2 N–H and O–H groups in total. The van der Waals surface area contributed by atoms with E-state index in [-0.39, 0.29) is 23.3 Å². The van der Waals surface area contributed by atoms with Crippen molar-refractivity contribution in [2.75, 3.05) is 5.32 Å². The molecule has 0 aromatic carbocycles. The molecule has 1 rings (SSSR count). The highest BCUT2D eigenvalue weighted by Crippen LogP contribution is 2.09. The summed E-state index contributed by atoms with van der Waals surface area (Å²) in [7, 11) is 0. The quantitative estimate of drug-likeness (QED) is 0.803. The summed E-state index contributed by atoms with van der Waals surface area (Å²) in [5.74, 6) is 0.331. The van der Waals surface area contributed by atoms with E-state index < -0.39 is 6.04 Å². The van der Waals surface area contributed by atoms with Crippen molar-refractivity contribution in [3.63, 3.8) is 0 Å². The summed E-state index contributed by atoms with van der Waals surface area (Å²) in [6.07, 6.45) is 0. The van der Waals surface area contributed by atoms with Crippen molar-refractivity contribution in [2.45, 2.75) is 45.2 Å². The van der Waals surface area contributed by atoms with Gasteiger partial charge in [0, 0.05) is 5.54 Å². The number of aromatic nitrogens is 2. The van der Waals surface area contributed by atoms with E-state index >= 15 is 0 Å². The minimum absolute atomic E-state index is 0.136. The number of nitrogens with zero attached hydrogens (tertiary/aromatic N) is 2. The molecule has 0 saturated carbocycles. The van der Waals surface area contributed by atoms with Gasteiger partial charge in [0.1, 0.15) is 11.9 Å². The maximum atomic E-state index is 11.7. The summed E-state index contributed by atoms with van der Waals surface area (Å²) in [5.41, 5.74) is -0.275. The Balaban J connectivity index is 2.54. The van der Waals surface area contributed by atoms with Crippen molar-refractivity contribution in [3.8, 4) is 0 Å². The third kappa shape index (κ3) is 4.60. The first kappa shape index (κ1) is 13.8. The van der Waals surface area contributed by atoms with E-state index in [4.69, 9.17) is 16.0 Å². The molecule has 1 unspecified atom stereocenters. The van der Waals surface area contributed by atoms with Crippen LogP contribution in [0.4, 0.5) is 6.01 Å². The van der Waals surface area contributed by atoms with Crippen LogP contribution in [0.3, 0.4) is 0 Å². The number of alkyl halides is 1. The van der Waals surface area contributed by atoms with Crippen LogP contribution in [0.15, 0.2) is 4.42 Å². The largest absolute Gasteiger partial charge is 0.407 e. The van der Waals surface area contributed by atoms with Gasteiger partial charge in [-0.3, -0.25) is 4.79 Å². The summed E-state index contributed by atoms with van der Waals surface area (Å²) in [5, 5.41) is 13.0. The van der Waals surface area contributed by atoms with Gasteiger partial charge in [0.2, 0.25) is 11.8 Å². The molecule has 96 valence electrons. The molecule has 7 heteroatoms. The first-order chi connectivity index (χ1) is 7.81. The molecule has 0 saturated heterocycles. The highest BCUT2D eigenvalue weighted by atomic mass is 35.5. The van der Waals surface area contributed by atoms with Crippen molar-refractivity contribution in [2.24, 2.45) is 0 Å². The second-order valence-corrected chi connectivity index (χ2v) is 5.01. The number of anilines is 1. The van der Waals surface area contributed by atoms with Crippen LogP contribution < -0.4 is 10.6 Å². The molecule has 1 amide bonds. The highest BCUT2D eigenvalue weighted by molar-refractivity contribution is 6.16. The number of halogens is 1. The topological polar surface area (TPSA) is 80.1 Å². The monoisotopic (exact) mass is 260 g/mol. The first-order valence-corrected chi connectivity index (χ1v) is 5.82. The molecular formula is C10H17ClN4O2. The van der Waals surface area contributed by atoms with E-state index in [1.165, 1.54) is 0 Å². The lowest BCUT2D eigenvalue weighted by molar-refractivity contribution is -0.122. The molecule has 0 aliphatic carbocycles. The third-order valence-corrected chi connectivity index (χ3v) is 2.04. The van der Waals surface area contributed by atoms with Gasteiger partial charge in [0.15, 0.2) is 0 Å². The molecule has 0 radical (unpaired) electrons.